The van der Waals surface area contributed by atoms with Crippen LogP contribution < -0.4 is 5.32 Å². The van der Waals surface area contributed by atoms with Crippen LogP contribution in [-0.4, -0.2) is 73.4 Å². The summed E-state index contributed by atoms with van der Waals surface area (Å²) in [6.45, 7) is 4.76. The molecule has 9 heteroatoms. The van der Waals surface area contributed by atoms with Gasteiger partial charge < -0.3 is 19.8 Å². The van der Waals surface area contributed by atoms with Crippen LogP contribution >= 0.6 is 7.82 Å². The number of allylic oxidation sites excluding steroid dienone is 6. The van der Waals surface area contributed by atoms with Gasteiger partial charge in [-0.05, 0) is 44.9 Å². The Hall–Kier alpha value is -1.28. The predicted octanol–water partition coefficient (Wildman–Crippen LogP) is 12.3. The number of aliphatic hydroxyl groups excluding tert-OH is 1. The third-order valence-electron chi connectivity index (χ3n) is 9.90. The van der Waals surface area contributed by atoms with Gasteiger partial charge >= 0.3 is 7.82 Å². The zero-order valence-corrected chi connectivity index (χ0v) is 36.9. The van der Waals surface area contributed by atoms with Gasteiger partial charge in [-0.2, -0.15) is 0 Å². The summed E-state index contributed by atoms with van der Waals surface area (Å²) in [4.78, 5) is 23.1. The minimum absolute atomic E-state index is 0.0704. The number of hydrogen-bond donors (Lipinski definition) is 3. The van der Waals surface area contributed by atoms with Gasteiger partial charge in [-0.1, -0.05) is 179 Å². The highest BCUT2D eigenvalue weighted by atomic mass is 31.2. The standard InChI is InChI=1S/C45H87N2O6P/c1-6-8-10-12-14-16-18-20-22-23-25-26-28-30-32-34-36-38-44(48)43(42-53-54(50,51)52-41-40-47(3,4)5)46-45(49)39-37-35-33-31-29-27-24-21-19-17-15-13-11-9-7-2/h9,11,15,17,21,24,43-44,48H,6-8,10,12-14,16,18-20,22-23,25-42H2,1-5H3,(H-,46,49,50,51)/p+1/b11-9-,17-15-,24-21-. The highest BCUT2D eigenvalue weighted by molar-refractivity contribution is 7.47. The highest BCUT2D eigenvalue weighted by Crippen LogP contribution is 2.43. The van der Waals surface area contributed by atoms with E-state index >= 15 is 0 Å². The molecule has 0 fully saturated rings. The molecular weight excluding hydrogens is 695 g/mol. The van der Waals surface area contributed by atoms with Gasteiger partial charge in [-0.25, -0.2) is 4.57 Å². The first-order valence-corrected chi connectivity index (χ1v) is 23.8. The van der Waals surface area contributed by atoms with Gasteiger partial charge in [0, 0.05) is 6.42 Å². The lowest BCUT2D eigenvalue weighted by molar-refractivity contribution is -0.870. The number of nitrogens with zero attached hydrogens (tertiary/aromatic N) is 1. The molecule has 8 nitrogen and oxygen atoms in total. The summed E-state index contributed by atoms with van der Waals surface area (Å²) in [6, 6.07) is -0.768. The average molecular weight is 784 g/mol. The van der Waals surface area contributed by atoms with Crippen molar-refractivity contribution in [1.82, 2.24) is 5.32 Å². The molecule has 0 aromatic carbocycles. The summed E-state index contributed by atoms with van der Waals surface area (Å²) in [7, 11) is 1.60. The number of hydrogen-bond acceptors (Lipinski definition) is 5. The molecule has 0 saturated heterocycles. The Morgan fingerprint density at radius 1 is 0.648 bits per heavy atom. The number of carbonyl (C=O) groups excluding carboxylic acids is 1. The minimum Gasteiger partial charge on any atom is -0.391 e. The lowest BCUT2D eigenvalue weighted by Crippen LogP contribution is -2.46. The number of phosphoric acid groups is 1. The Morgan fingerprint density at radius 2 is 1.11 bits per heavy atom. The van der Waals surface area contributed by atoms with Gasteiger partial charge in [0.15, 0.2) is 0 Å². The summed E-state index contributed by atoms with van der Waals surface area (Å²) < 4.78 is 23.6. The summed E-state index contributed by atoms with van der Waals surface area (Å²) in [6.07, 6.45) is 44.5. The van der Waals surface area contributed by atoms with Gasteiger partial charge in [0.25, 0.3) is 0 Å². The molecule has 0 aliphatic rings. The van der Waals surface area contributed by atoms with E-state index in [9.17, 15) is 19.4 Å². The Balaban J connectivity index is 4.39. The summed E-state index contributed by atoms with van der Waals surface area (Å²) in [5.41, 5.74) is 0. The molecular formula is C45H88N2O6P+. The van der Waals surface area contributed by atoms with Gasteiger partial charge in [0.1, 0.15) is 13.2 Å². The zero-order chi connectivity index (χ0) is 40.0. The predicted molar refractivity (Wildman–Crippen MR) is 231 cm³/mol. The van der Waals surface area contributed by atoms with E-state index in [2.05, 4.69) is 55.6 Å². The third kappa shape index (κ3) is 39.0. The Labute approximate surface area is 334 Å². The first kappa shape index (κ1) is 52.7. The van der Waals surface area contributed by atoms with Crippen molar-refractivity contribution >= 4 is 13.7 Å². The summed E-state index contributed by atoms with van der Waals surface area (Å²) >= 11 is 0. The van der Waals surface area contributed by atoms with Crippen molar-refractivity contribution in [3.8, 4) is 0 Å². The van der Waals surface area contributed by atoms with E-state index in [0.29, 0.717) is 23.9 Å². The van der Waals surface area contributed by atoms with E-state index < -0.39 is 20.0 Å². The van der Waals surface area contributed by atoms with Crippen molar-refractivity contribution < 1.29 is 32.9 Å². The monoisotopic (exact) mass is 784 g/mol. The number of likely N-dealkylation sites (N-methyl/N-ethyl adjacent to an activating group) is 1. The molecule has 0 bridgehead atoms. The number of quaternary nitrogens is 1. The van der Waals surface area contributed by atoms with E-state index in [1.165, 1.54) is 89.9 Å². The fourth-order valence-corrected chi connectivity index (χ4v) is 7.09. The van der Waals surface area contributed by atoms with Gasteiger partial charge in [-0.3, -0.25) is 13.8 Å². The van der Waals surface area contributed by atoms with Crippen LogP contribution in [0.1, 0.15) is 194 Å². The maximum atomic E-state index is 12.9. The van der Waals surface area contributed by atoms with Gasteiger partial charge in [0.05, 0.1) is 39.9 Å². The van der Waals surface area contributed by atoms with Crippen LogP contribution in [0.15, 0.2) is 36.5 Å². The van der Waals surface area contributed by atoms with Crippen molar-refractivity contribution in [3.05, 3.63) is 36.5 Å². The molecule has 3 unspecified atom stereocenters. The van der Waals surface area contributed by atoms with E-state index in [1.54, 1.807) is 0 Å². The molecule has 3 atom stereocenters. The minimum atomic E-state index is -4.32. The first-order valence-electron chi connectivity index (χ1n) is 22.4. The molecule has 0 aromatic heterocycles. The third-order valence-corrected chi connectivity index (χ3v) is 10.9. The van der Waals surface area contributed by atoms with Crippen molar-refractivity contribution in [1.29, 1.82) is 0 Å². The first-order chi connectivity index (χ1) is 26.0. The fraction of sp³-hybridized carbons (Fsp3) is 0.844. The highest BCUT2D eigenvalue weighted by Gasteiger charge is 2.28. The zero-order valence-electron chi connectivity index (χ0n) is 36.0. The largest absolute Gasteiger partial charge is 0.472 e. The van der Waals surface area contributed by atoms with Crippen LogP contribution in [0.5, 0.6) is 0 Å². The topological polar surface area (TPSA) is 105 Å². The molecule has 0 heterocycles. The number of amides is 1. The SMILES string of the molecule is CC/C=C\C/C=C\C/C=C\CCCCCCCC(=O)NC(COP(=O)(O)OCC[N+](C)(C)C)C(O)CCCCCCCCCCCCCCCCCCC. The molecule has 0 rings (SSSR count). The fourth-order valence-electron chi connectivity index (χ4n) is 6.35. The number of phosphoric ester groups is 1. The second-order valence-corrected chi connectivity index (χ2v) is 17.9. The van der Waals surface area contributed by atoms with Crippen LogP contribution in [-0.2, 0) is 18.4 Å². The quantitative estimate of drug-likeness (QED) is 0.0247. The lowest BCUT2D eigenvalue weighted by Gasteiger charge is -2.26. The lowest BCUT2D eigenvalue weighted by atomic mass is 10.0. The number of nitrogens with one attached hydrogen (secondary N) is 1. The molecule has 1 amide bonds. The van der Waals surface area contributed by atoms with Crippen LogP contribution in [0, 0.1) is 0 Å². The van der Waals surface area contributed by atoms with Crippen molar-refractivity contribution in [2.45, 2.75) is 206 Å². The molecule has 0 aliphatic carbocycles. The number of carbonyl (C=O) groups is 1. The van der Waals surface area contributed by atoms with E-state index in [1.807, 2.05) is 21.1 Å². The van der Waals surface area contributed by atoms with Crippen molar-refractivity contribution in [3.63, 3.8) is 0 Å². The van der Waals surface area contributed by atoms with Crippen molar-refractivity contribution in [2.75, 3.05) is 40.9 Å². The normalized spacial score (nSPS) is 14.7. The maximum absolute atomic E-state index is 12.9. The van der Waals surface area contributed by atoms with Gasteiger partial charge in [-0.15, -0.1) is 0 Å². The van der Waals surface area contributed by atoms with Crippen LogP contribution in [0.25, 0.3) is 0 Å². The second kappa shape index (κ2) is 37.3. The van der Waals surface area contributed by atoms with E-state index in [0.717, 1.165) is 77.0 Å². The van der Waals surface area contributed by atoms with E-state index in [-0.39, 0.29) is 19.1 Å². The second-order valence-electron chi connectivity index (χ2n) is 16.4. The van der Waals surface area contributed by atoms with Gasteiger partial charge in [0.2, 0.25) is 5.91 Å². The molecule has 318 valence electrons. The van der Waals surface area contributed by atoms with Crippen LogP contribution in [0.4, 0.5) is 0 Å². The van der Waals surface area contributed by atoms with Crippen LogP contribution in [0.3, 0.4) is 0 Å². The Bertz CT molecular complexity index is 980. The molecule has 0 radical (unpaired) electrons. The molecule has 0 spiro atoms. The molecule has 54 heavy (non-hydrogen) atoms. The number of aliphatic hydroxyl groups is 1. The molecule has 3 N–H and O–H groups in total. The molecule has 0 saturated carbocycles. The molecule has 0 aromatic rings. The van der Waals surface area contributed by atoms with Crippen molar-refractivity contribution in [2.24, 2.45) is 0 Å². The maximum Gasteiger partial charge on any atom is 0.472 e. The Morgan fingerprint density at radius 3 is 1.63 bits per heavy atom. The van der Waals surface area contributed by atoms with E-state index in [4.69, 9.17) is 9.05 Å². The summed E-state index contributed by atoms with van der Waals surface area (Å²) in [5, 5.41) is 13.9. The number of unbranched alkanes of at least 4 members (excludes halogenated alkanes) is 21. The van der Waals surface area contributed by atoms with Crippen LogP contribution in [0.2, 0.25) is 0 Å². The average Bonchev–Trinajstić information content (AvgIpc) is 3.12. The smallest absolute Gasteiger partial charge is 0.391 e. The molecule has 0 aliphatic heterocycles. The number of rotatable bonds is 40. The Kier molecular flexibility index (Phi) is 36.4. The summed E-state index contributed by atoms with van der Waals surface area (Å²) in [5.74, 6) is -0.162.